The molecule has 2 aromatic rings. The van der Waals surface area contributed by atoms with Gasteiger partial charge >= 0.3 is 0 Å². The van der Waals surface area contributed by atoms with E-state index in [1.54, 1.807) is 12.1 Å². The van der Waals surface area contributed by atoms with E-state index >= 15 is 0 Å². The van der Waals surface area contributed by atoms with Crippen molar-refractivity contribution in [2.45, 2.75) is 12.5 Å². The first-order valence-electron chi connectivity index (χ1n) is 5.86. The lowest BCUT2D eigenvalue weighted by atomic mass is 10.00. The van der Waals surface area contributed by atoms with Gasteiger partial charge in [0.05, 0.1) is 18.8 Å². The van der Waals surface area contributed by atoms with E-state index in [2.05, 4.69) is 15.9 Å². The van der Waals surface area contributed by atoms with Gasteiger partial charge < -0.3 is 9.84 Å². The van der Waals surface area contributed by atoms with Crippen LogP contribution < -0.4 is 4.74 Å². The van der Waals surface area contributed by atoms with Crippen molar-refractivity contribution < 1.29 is 14.2 Å². The maximum atomic E-state index is 13.8. The molecule has 2 rings (SSSR count). The molecule has 100 valence electrons. The Bertz CT molecular complexity index is 555. The zero-order chi connectivity index (χ0) is 13.8. The molecule has 2 nitrogen and oxygen atoms in total. The minimum absolute atomic E-state index is 0.202. The summed E-state index contributed by atoms with van der Waals surface area (Å²) >= 11 is 3.35. The van der Waals surface area contributed by atoms with Crippen LogP contribution in [0.15, 0.2) is 46.9 Å². The Morgan fingerprint density at radius 3 is 2.53 bits per heavy atom. The highest BCUT2D eigenvalue weighted by atomic mass is 79.9. The van der Waals surface area contributed by atoms with Crippen molar-refractivity contribution in [2.24, 2.45) is 0 Å². The van der Waals surface area contributed by atoms with Crippen molar-refractivity contribution in [3.63, 3.8) is 0 Å². The topological polar surface area (TPSA) is 29.5 Å². The van der Waals surface area contributed by atoms with E-state index in [-0.39, 0.29) is 5.56 Å². The fraction of sp³-hybridized carbons (Fsp3) is 0.200. The molecule has 0 aliphatic carbocycles. The first kappa shape index (κ1) is 14.0. The predicted octanol–water partition coefficient (Wildman–Crippen LogP) is 3.87. The van der Waals surface area contributed by atoms with Crippen LogP contribution in [0.3, 0.4) is 0 Å². The molecule has 1 unspecified atom stereocenters. The number of benzene rings is 2. The maximum Gasteiger partial charge on any atom is 0.132 e. The number of aliphatic hydroxyl groups is 1. The van der Waals surface area contributed by atoms with Gasteiger partial charge in [-0.05, 0) is 29.8 Å². The number of halogens is 2. The van der Waals surface area contributed by atoms with Gasteiger partial charge in [0, 0.05) is 10.9 Å². The summed E-state index contributed by atoms with van der Waals surface area (Å²) in [6.07, 6.45) is -0.595. The van der Waals surface area contributed by atoms with Crippen LogP contribution in [0.1, 0.15) is 17.2 Å². The SMILES string of the molecule is COc1cccc(F)c1C(O)Cc1ccc(Br)cc1. The molecule has 0 bridgehead atoms. The Balaban J connectivity index is 2.24. The van der Waals surface area contributed by atoms with Crippen LogP contribution in [0.5, 0.6) is 5.75 Å². The fourth-order valence-corrected chi connectivity index (χ4v) is 2.23. The van der Waals surface area contributed by atoms with E-state index in [0.29, 0.717) is 12.2 Å². The van der Waals surface area contributed by atoms with Gasteiger partial charge in [-0.2, -0.15) is 0 Å². The Morgan fingerprint density at radius 2 is 1.89 bits per heavy atom. The van der Waals surface area contributed by atoms with Crippen LogP contribution >= 0.6 is 15.9 Å². The van der Waals surface area contributed by atoms with E-state index in [1.165, 1.54) is 13.2 Å². The summed E-state index contributed by atoms with van der Waals surface area (Å²) in [7, 11) is 1.46. The zero-order valence-corrected chi connectivity index (χ0v) is 12.0. The summed E-state index contributed by atoms with van der Waals surface area (Å²) in [6, 6.07) is 12.1. The first-order valence-corrected chi connectivity index (χ1v) is 6.66. The molecule has 0 aromatic heterocycles. The van der Waals surface area contributed by atoms with Crippen molar-refractivity contribution in [2.75, 3.05) is 7.11 Å². The van der Waals surface area contributed by atoms with E-state index < -0.39 is 11.9 Å². The monoisotopic (exact) mass is 324 g/mol. The molecular weight excluding hydrogens is 311 g/mol. The summed E-state index contributed by atoms with van der Waals surface area (Å²) in [5, 5.41) is 10.2. The molecule has 0 heterocycles. The summed E-state index contributed by atoms with van der Waals surface area (Å²) in [6.45, 7) is 0. The molecule has 0 fully saturated rings. The third kappa shape index (κ3) is 3.33. The molecule has 0 spiro atoms. The van der Waals surface area contributed by atoms with Crippen molar-refractivity contribution in [3.8, 4) is 5.75 Å². The van der Waals surface area contributed by atoms with Crippen molar-refractivity contribution >= 4 is 15.9 Å². The molecular formula is C15H14BrFO2. The van der Waals surface area contributed by atoms with E-state index in [1.807, 2.05) is 24.3 Å². The van der Waals surface area contributed by atoms with Gasteiger partial charge in [-0.15, -0.1) is 0 Å². The third-order valence-electron chi connectivity index (χ3n) is 2.91. The first-order chi connectivity index (χ1) is 9.11. The van der Waals surface area contributed by atoms with Crippen LogP contribution in [0.25, 0.3) is 0 Å². The second-order valence-corrected chi connectivity index (χ2v) is 5.12. The van der Waals surface area contributed by atoms with Gasteiger partial charge in [-0.3, -0.25) is 0 Å². The number of rotatable bonds is 4. The quantitative estimate of drug-likeness (QED) is 0.925. The minimum Gasteiger partial charge on any atom is -0.496 e. The Morgan fingerprint density at radius 1 is 1.21 bits per heavy atom. The highest BCUT2D eigenvalue weighted by Gasteiger charge is 2.18. The van der Waals surface area contributed by atoms with Crippen LogP contribution in [0.4, 0.5) is 4.39 Å². The summed E-state index contributed by atoms with van der Waals surface area (Å²) in [5.41, 5.74) is 1.13. The maximum absolute atomic E-state index is 13.8. The molecule has 1 N–H and O–H groups in total. The number of hydrogen-bond donors (Lipinski definition) is 1. The van der Waals surface area contributed by atoms with Crippen LogP contribution in [-0.2, 0) is 6.42 Å². The third-order valence-corrected chi connectivity index (χ3v) is 3.44. The van der Waals surface area contributed by atoms with Gasteiger partial charge in [0.1, 0.15) is 11.6 Å². The Hall–Kier alpha value is -1.39. The second kappa shape index (κ2) is 6.17. The van der Waals surface area contributed by atoms with E-state index in [4.69, 9.17) is 4.74 Å². The van der Waals surface area contributed by atoms with E-state index in [9.17, 15) is 9.50 Å². The van der Waals surface area contributed by atoms with Crippen molar-refractivity contribution in [1.29, 1.82) is 0 Å². The van der Waals surface area contributed by atoms with Gasteiger partial charge in [0.2, 0.25) is 0 Å². The average molecular weight is 325 g/mol. The lowest BCUT2D eigenvalue weighted by molar-refractivity contribution is 0.169. The second-order valence-electron chi connectivity index (χ2n) is 4.20. The average Bonchev–Trinajstić information content (AvgIpc) is 2.40. The molecule has 4 heteroatoms. The van der Waals surface area contributed by atoms with Gasteiger partial charge in [-0.25, -0.2) is 4.39 Å². The Labute approximate surface area is 120 Å². The molecule has 0 radical (unpaired) electrons. The largest absolute Gasteiger partial charge is 0.496 e. The molecule has 0 aliphatic heterocycles. The highest BCUT2D eigenvalue weighted by molar-refractivity contribution is 9.10. The minimum atomic E-state index is -0.933. The van der Waals surface area contributed by atoms with Crippen LogP contribution in [0, 0.1) is 5.82 Å². The number of hydrogen-bond acceptors (Lipinski definition) is 2. The lowest BCUT2D eigenvalue weighted by Crippen LogP contribution is -2.06. The zero-order valence-electron chi connectivity index (χ0n) is 10.4. The van der Waals surface area contributed by atoms with Crippen molar-refractivity contribution in [1.82, 2.24) is 0 Å². The standard InChI is InChI=1S/C15H14BrFO2/c1-19-14-4-2-3-12(17)15(14)13(18)9-10-5-7-11(16)8-6-10/h2-8,13,18H,9H2,1H3. The predicted molar refractivity (Wildman–Crippen MR) is 75.8 cm³/mol. The number of methoxy groups -OCH3 is 1. The number of ether oxygens (including phenoxy) is 1. The van der Waals surface area contributed by atoms with Crippen molar-refractivity contribution in [3.05, 3.63) is 63.9 Å². The molecule has 0 amide bonds. The summed E-state index contributed by atoms with van der Waals surface area (Å²) in [4.78, 5) is 0. The van der Waals surface area contributed by atoms with Gasteiger partial charge in [-0.1, -0.05) is 34.1 Å². The van der Waals surface area contributed by atoms with Crippen LogP contribution in [-0.4, -0.2) is 12.2 Å². The number of aliphatic hydroxyl groups excluding tert-OH is 1. The van der Waals surface area contributed by atoms with Gasteiger partial charge in [0.25, 0.3) is 0 Å². The summed E-state index contributed by atoms with van der Waals surface area (Å²) < 4.78 is 19.9. The normalized spacial score (nSPS) is 12.2. The molecule has 0 saturated carbocycles. The smallest absolute Gasteiger partial charge is 0.132 e. The van der Waals surface area contributed by atoms with Gasteiger partial charge in [0.15, 0.2) is 0 Å². The molecule has 0 saturated heterocycles. The molecule has 0 aliphatic rings. The molecule has 2 aromatic carbocycles. The summed E-state index contributed by atoms with van der Waals surface area (Å²) in [5.74, 6) is -0.0893. The van der Waals surface area contributed by atoms with E-state index in [0.717, 1.165) is 10.0 Å². The lowest BCUT2D eigenvalue weighted by Gasteiger charge is -2.15. The Kier molecular flexibility index (Phi) is 4.56. The van der Waals surface area contributed by atoms with Crippen LogP contribution in [0.2, 0.25) is 0 Å². The highest BCUT2D eigenvalue weighted by Crippen LogP contribution is 2.30. The fourth-order valence-electron chi connectivity index (χ4n) is 1.96. The molecule has 1 atom stereocenters. The molecule has 19 heavy (non-hydrogen) atoms.